The third kappa shape index (κ3) is 7.06. The van der Waals surface area contributed by atoms with Gasteiger partial charge in [-0.1, -0.05) is 0 Å². The Hall–Kier alpha value is -0.882. The summed E-state index contributed by atoms with van der Waals surface area (Å²) in [5.74, 6) is -2.16. The van der Waals surface area contributed by atoms with Crippen molar-refractivity contribution in [3.05, 3.63) is 40.0 Å². The molecule has 0 aromatic heterocycles. The maximum absolute atomic E-state index is 11.6. The number of rotatable bonds is 5. The van der Waals surface area contributed by atoms with Gasteiger partial charge in [-0.3, -0.25) is 4.79 Å². The fraction of sp³-hybridized carbons (Fsp3) is 0.167. The minimum Gasteiger partial charge on any atom is -0.478 e. The molecule has 0 fully saturated rings. The van der Waals surface area contributed by atoms with Gasteiger partial charge in [-0.15, -0.1) is 0 Å². The monoisotopic (exact) mass is 846 g/mol. The van der Waals surface area contributed by atoms with Crippen molar-refractivity contribution in [2.24, 2.45) is 0 Å². The molecule has 174 valence electrons. The van der Waals surface area contributed by atoms with Gasteiger partial charge in [0.05, 0.1) is 14.8 Å². The largest absolute Gasteiger partial charge is 0.478 e. The zero-order valence-electron chi connectivity index (χ0n) is 16.7. The molecule has 1 amide bonds. The Labute approximate surface area is 227 Å². The van der Waals surface area contributed by atoms with Crippen LogP contribution in [-0.4, -0.2) is 57.3 Å². The first-order chi connectivity index (χ1) is 14.6. The van der Waals surface area contributed by atoms with Crippen molar-refractivity contribution >= 4 is 115 Å². The Balaban J connectivity index is 0.000000323. The maximum atomic E-state index is 11.6. The number of ketones is 1. The molecule has 0 atom stereocenters. The quantitative estimate of drug-likeness (QED) is 0.114. The van der Waals surface area contributed by atoms with E-state index in [9.17, 15) is 28.3 Å². The van der Waals surface area contributed by atoms with Crippen LogP contribution < -0.4 is 15.0 Å². The van der Waals surface area contributed by atoms with E-state index in [-0.39, 0.29) is 17.0 Å². The summed E-state index contributed by atoms with van der Waals surface area (Å²) in [7, 11) is 1.71. The van der Waals surface area contributed by atoms with Gasteiger partial charge in [0, 0.05) is 19.8 Å². The fourth-order valence-corrected chi connectivity index (χ4v) is 8.78. The van der Waals surface area contributed by atoms with Crippen LogP contribution in [0.4, 0.5) is 11.4 Å². The summed E-state index contributed by atoms with van der Waals surface area (Å²) in [4.78, 5) is 33.6. The Bertz CT molecular complexity index is 1090. The number of halogens is 3. The minimum absolute atomic E-state index is 0.00951. The SMILES string of the molecule is CC(=O)Nc1cccc([As](=O)(O)O)c1O.CNc1c(I)c(C(C)=O)c(I)c(C(=O)O)c1I. The molecular weight excluding hydrogens is 828 g/mol. The molecule has 14 heteroatoms. The molecule has 0 radical (unpaired) electrons. The van der Waals surface area contributed by atoms with Gasteiger partial charge in [0.1, 0.15) is 0 Å². The number of hydrogen-bond donors (Lipinski definition) is 6. The fourth-order valence-electron chi connectivity index (χ4n) is 2.44. The number of aromatic carboxylic acids is 1. The summed E-state index contributed by atoms with van der Waals surface area (Å²) in [5, 5.41) is 23.9. The first-order valence-corrected chi connectivity index (χ1v) is 15.0. The van der Waals surface area contributed by atoms with Crippen molar-refractivity contribution in [3.63, 3.8) is 0 Å². The average molecular weight is 846 g/mol. The number of Topliss-reactive ketones (excluding diaryl/α,β-unsaturated/α-hetero) is 1. The molecule has 0 bridgehead atoms. The van der Waals surface area contributed by atoms with E-state index in [0.29, 0.717) is 18.4 Å². The van der Waals surface area contributed by atoms with Crippen LogP contribution >= 0.6 is 67.8 Å². The molecule has 0 aliphatic rings. The normalized spacial score (nSPS) is 10.6. The number of carboxylic acids is 1. The molecule has 10 nitrogen and oxygen atoms in total. The van der Waals surface area contributed by atoms with Crippen molar-refractivity contribution in [3.8, 4) is 5.75 Å². The molecule has 0 saturated heterocycles. The van der Waals surface area contributed by atoms with Crippen molar-refractivity contribution in [1.82, 2.24) is 0 Å². The predicted molar refractivity (Wildman–Crippen MR) is 144 cm³/mol. The number of nitrogens with one attached hydrogen (secondary N) is 2. The summed E-state index contributed by atoms with van der Waals surface area (Å²) in [5.41, 5.74) is 1.33. The standard InChI is InChI=1S/C10H8I3NO3.C8H10AsNO5/c1-3(15)4-6(11)5(10(16)17)8(13)9(14-2)7(4)12;1-5(11)10-7-4-2-3-6(8(7)12)9(13,14)15/h14H,1-2H3,(H,16,17);2-4,12H,1H3,(H,10,11)(H2,13,14,15). The van der Waals surface area contributed by atoms with E-state index in [1.165, 1.54) is 26.0 Å². The van der Waals surface area contributed by atoms with Crippen LogP contribution in [0, 0.1) is 10.7 Å². The van der Waals surface area contributed by atoms with Gasteiger partial charge in [0.25, 0.3) is 0 Å². The van der Waals surface area contributed by atoms with Gasteiger partial charge in [-0.2, -0.15) is 0 Å². The first-order valence-electron chi connectivity index (χ1n) is 8.43. The molecule has 0 spiro atoms. The number of phenolic OH excluding ortho intramolecular Hbond substituents is 1. The second-order valence-electron chi connectivity index (χ2n) is 6.08. The molecule has 2 aromatic rings. The van der Waals surface area contributed by atoms with Crippen molar-refractivity contribution in [1.29, 1.82) is 0 Å². The third-order valence-corrected chi connectivity index (χ3v) is 9.08. The van der Waals surface area contributed by atoms with Crippen LogP contribution in [0.5, 0.6) is 5.75 Å². The molecule has 0 aliphatic heterocycles. The van der Waals surface area contributed by atoms with Crippen LogP contribution in [0.2, 0.25) is 0 Å². The number of carbonyl (C=O) groups is 3. The van der Waals surface area contributed by atoms with Crippen LogP contribution in [-0.2, 0) is 8.53 Å². The van der Waals surface area contributed by atoms with Gasteiger partial charge >= 0.3 is 94.1 Å². The predicted octanol–water partition coefficient (Wildman–Crippen LogP) is 2.35. The van der Waals surface area contributed by atoms with E-state index in [2.05, 4.69) is 33.2 Å². The van der Waals surface area contributed by atoms with E-state index in [1.807, 2.05) is 45.2 Å². The summed E-state index contributed by atoms with van der Waals surface area (Å²) in [6.07, 6.45) is 0. The van der Waals surface area contributed by atoms with Gasteiger partial charge in [-0.25, -0.2) is 4.79 Å². The Morgan fingerprint density at radius 2 is 1.50 bits per heavy atom. The van der Waals surface area contributed by atoms with Crippen LogP contribution in [0.3, 0.4) is 0 Å². The number of aromatic hydroxyl groups is 1. The van der Waals surface area contributed by atoms with E-state index in [0.717, 1.165) is 9.64 Å². The van der Waals surface area contributed by atoms with E-state index >= 15 is 0 Å². The van der Waals surface area contributed by atoms with Gasteiger partial charge in [-0.05, 0) is 74.7 Å². The number of phenols is 1. The zero-order chi connectivity index (χ0) is 25.0. The molecule has 2 aromatic carbocycles. The topological polar surface area (TPSA) is 173 Å². The number of hydrogen-bond acceptors (Lipinski definition) is 6. The average Bonchev–Trinajstić information content (AvgIpc) is 2.62. The molecule has 32 heavy (non-hydrogen) atoms. The Kier molecular flexibility index (Phi) is 10.9. The summed E-state index contributed by atoms with van der Waals surface area (Å²) in [6, 6.07) is 3.83. The van der Waals surface area contributed by atoms with Crippen molar-refractivity contribution in [2.45, 2.75) is 13.8 Å². The van der Waals surface area contributed by atoms with Crippen molar-refractivity contribution < 1.29 is 36.5 Å². The molecule has 0 unspecified atom stereocenters. The Morgan fingerprint density at radius 3 is 1.91 bits per heavy atom. The summed E-state index contributed by atoms with van der Waals surface area (Å²) >= 11 is 0.812. The summed E-state index contributed by atoms with van der Waals surface area (Å²) in [6.45, 7) is 2.67. The van der Waals surface area contributed by atoms with Crippen molar-refractivity contribution in [2.75, 3.05) is 17.7 Å². The van der Waals surface area contributed by atoms with E-state index in [4.69, 9.17) is 8.19 Å². The van der Waals surface area contributed by atoms with E-state index in [1.54, 1.807) is 7.05 Å². The molecule has 0 heterocycles. The van der Waals surface area contributed by atoms with E-state index < -0.39 is 36.1 Å². The Morgan fingerprint density at radius 1 is 0.969 bits per heavy atom. The van der Waals surface area contributed by atoms with Crippen LogP contribution in [0.15, 0.2) is 18.2 Å². The van der Waals surface area contributed by atoms with Crippen LogP contribution in [0.1, 0.15) is 34.6 Å². The third-order valence-electron chi connectivity index (χ3n) is 3.77. The number of para-hydroxylation sites is 1. The maximum Gasteiger partial charge on any atom is 0.337 e. The number of benzene rings is 2. The number of carboxylic acid groups (broad SMARTS) is 1. The van der Waals surface area contributed by atoms with Gasteiger partial charge in [0.15, 0.2) is 5.78 Å². The van der Waals surface area contributed by atoms with Crippen LogP contribution in [0.25, 0.3) is 0 Å². The van der Waals surface area contributed by atoms with Gasteiger partial charge in [0.2, 0.25) is 0 Å². The molecule has 0 saturated carbocycles. The number of anilines is 2. The minimum atomic E-state index is -5.15. The molecule has 6 N–H and O–H groups in total. The first kappa shape index (κ1) is 29.2. The second-order valence-corrected chi connectivity index (χ2v) is 12.6. The zero-order valence-corrected chi connectivity index (χ0v) is 25.1. The molecular formula is C18H18AsI3N2O8. The summed E-state index contributed by atoms with van der Waals surface area (Å²) < 4.78 is 30.3. The van der Waals surface area contributed by atoms with Gasteiger partial charge < -0.3 is 10.4 Å². The molecule has 0 aliphatic carbocycles. The smallest absolute Gasteiger partial charge is 0.337 e. The number of amides is 1. The second kappa shape index (κ2) is 12.0. The molecule has 2 rings (SSSR count). The number of carbonyl (C=O) groups excluding carboxylic acids is 2.